The average Bonchev–Trinajstić information content (AvgIpc) is 2.41. The van der Waals surface area contributed by atoms with Gasteiger partial charge in [-0.2, -0.15) is 0 Å². The van der Waals surface area contributed by atoms with Crippen LogP contribution in [-0.4, -0.2) is 25.2 Å². The molecule has 0 fully saturated rings. The van der Waals surface area contributed by atoms with Gasteiger partial charge in [0.2, 0.25) is 0 Å². The molecule has 1 aromatic carbocycles. The maximum atomic E-state index is 12.1. The molecule has 0 radical (unpaired) electrons. The predicted molar refractivity (Wildman–Crippen MR) is 80.6 cm³/mol. The molecule has 112 valence electrons. The van der Waals surface area contributed by atoms with Crippen LogP contribution in [0.1, 0.15) is 50.9 Å². The highest BCUT2D eigenvalue weighted by molar-refractivity contribution is 5.95. The molecule has 0 aromatic heterocycles. The second-order valence-corrected chi connectivity index (χ2v) is 4.69. The van der Waals surface area contributed by atoms with Crippen molar-refractivity contribution < 1.29 is 14.3 Å². The number of hydrogen-bond donors (Lipinski definition) is 1. The van der Waals surface area contributed by atoms with Gasteiger partial charge in [0.15, 0.2) is 11.5 Å². The molecule has 0 heterocycles. The third kappa shape index (κ3) is 4.76. The van der Waals surface area contributed by atoms with Crippen LogP contribution in [-0.2, 0) is 0 Å². The Hall–Kier alpha value is -1.71. The summed E-state index contributed by atoms with van der Waals surface area (Å²) in [7, 11) is 0. The maximum absolute atomic E-state index is 12.1. The molecule has 0 saturated carbocycles. The zero-order valence-corrected chi connectivity index (χ0v) is 12.9. The van der Waals surface area contributed by atoms with E-state index in [4.69, 9.17) is 9.47 Å². The van der Waals surface area contributed by atoms with Crippen LogP contribution in [0.2, 0.25) is 0 Å². The van der Waals surface area contributed by atoms with Gasteiger partial charge in [0.1, 0.15) is 0 Å². The molecule has 0 spiro atoms. The maximum Gasteiger partial charge on any atom is 0.251 e. The van der Waals surface area contributed by atoms with Crippen molar-refractivity contribution in [2.45, 2.75) is 46.6 Å². The molecule has 0 aliphatic rings. The summed E-state index contributed by atoms with van der Waals surface area (Å²) in [6.45, 7) is 9.05. The van der Waals surface area contributed by atoms with Gasteiger partial charge >= 0.3 is 0 Å². The van der Waals surface area contributed by atoms with Crippen LogP contribution >= 0.6 is 0 Å². The van der Waals surface area contributed by atoms with E-state index in [2.05, 4.69) is 12.2 Å². The SMILES string of the molecule is CCCC(C)NC(=O)c1ccc(OCC)c(OCC)c1. The lowest BCUT2D eigenvalue weighted by molar-refractivity contribution is 0.0938. The first-order valence-electron chi connectivity index (χ1n) is 7.32. The zero-order valence-electron chi connectivity index (χ0n) is 12.9. The van der Waals surface area contributed by atoms with Gasteiger partial charge in [-0.25, -0.2) is 0 Å². The van der Waals surface area contributed by atoms with E-state index >= 15 is 0 Å². The van der Waals surface area contributed by atoms with Crippen LogP contribution in [0.3, 0.4) is 0 Å². The van der Waals surface area contributed by atoms with Gasteiger partial charge in [0.05, 0.1) is 13.2 Å². The number of hydrogen-bond acceptors (Lipinski definition) is 3. The number of nitrogens with one attached hydrogen (secondary N) is 1. The molecule has 0 saturated heterocycles. The third-order valence-electron chi connectivity index (χ3n) is 2.90. The van der Waals surface area contributed by atoms with Gasteiger partial charge in [-0.15, -0.1) is 0 Å². The van der Waals surface area contributed by atoms with E-state index in [0.717, 1.165) is 12.8 Å². The van der Waals surface area contributed by atoms with E-state index < -0.39 is 0 Å². The summed E-state index contributed by atoms with van der Waals surface area (Å²) in [4.78, 5) is 12.1. The lowest BCUT2D eigenvalue weighted by atomic mass is 10.1. The third-order valence-corrected chi connectivity index (χ3v) is 2.90. The molecule has 20 heavy (non-hydrogen) atoms. The minimum absolute atomic E-state index is 0.0741. The summed E-state index contributed by atoms with van der Waals surface area (Å²) >= 11 is 0. The first-order chi connectivity index (χ1) is 9.62. The minimum Gasteiger partial charge on any atom is -0.490 e. The molecule has 1 amide bonds. The van der Waals surface area contributed by atoms with Crippen LogP contribution in [0.15, 0.2) is 18.2 Å². The van der Waals surface area contributed by atoms with Gasteiger partial charge in [-0.05, 0) is 45.4 Å². The number of amides is 1. The Morgan fingerprint density at radius 3 is 2.40 bits per heavy atom. The molecular weight excluding hydrogens is 254 g/mol. The van der Waals surface area contributed by atoms with Gasteiger partial charge in [0, 0.05) is 11.6 Å². The molecule has 1 unspecified atom stereocenters. The van der Waals surface area contributed by atoms with Crippen LogP contribution in [0.25, 0.3) is 0 Å². The predicted octanol–water partition coefficient (Wildman–Crippen LogP) is 3.40. The minimum atomic E-state index is -0.0741. The molecule has 1 N–H and O–H groups in total. The summed E-state index contributed by atoms with van der Waals surface area (Å²) in [6, 6.07) is 5.47. The summed E-state index contributed by atoms with van der Waals surface area (Å²) in [5.74, 6) is 1.22. The van der Waals surface area contributed by atoms with Crippen molar-refractivity contribution in [2.24, 2.45) is 0 Å². The van der Waals surface area contributed by atoms with E-state index in [-0.39, 0.29) is 11.9 Å². The van der Waals surface area contributed by atoms with E-state index in [0.29, 0.717) is 30.3 Å². The van der Waals surface area contributed by atoms with Crippen molar-refractivity contribution in [3.63, 3.8) is 0 Å². The first kappa shape index (κ1) is 16.3. The fraction of sp³-hybridized carbons (Fsp3) is 0.562. The molecule has 1 atom stereocenters. The van der Waals surface area contributed by atoms with Crippen molar-refractivity contribution in [1.29, 1.82) is 0 Å². The quantitative estimate of drug-likeness (QED) is 0.793. The number of benzene rings is 1. The summed E-state index contributed by atoms with van der Waals surface area (Å²) in [5, 5.41) is 2.98. The lowest BCUT2D eigenvalue weighted by Crippen LogP contribution is -2.32. The zero-order chi connectivity index (χ0) is 15.0. The molecule has 0 aliphatic heterocycles. The van der Waals surface area contributed by atoms with Crippen LogP contribution < -0.4 is 14.8 Å². The Morgan fingerprint density at radius 2 is 1.80 bits per heavy atom. The van der Waals surface area contributed by atoms with Crippen LogP contribution in [0, 0.1) is 0 Å². The Morgan fingerprint density at radius 1 is 1.15 bits per heavy atom. The van der Waals surface area contributed by atoms with Crippen molar-refractivity contribution in [2.75, 3.05) is 13.2 Å². The van der Waals surface area contributed by atoms with Crippen molar-refractivity contribution >= 4 is 5.91 Å². The summed E-state index contributed by atoms with van der Waals surface area (Å²) in [6.07, 6.45) is 2.02. The lowest BCUT2D eigenvalue weighted by Gasteiger charge is -2.15. The highest BCUT2D eigenvalue weighted by Gasteiger charge is 2.13. The summed E-state index contributed by atoms with van der Waals surface area (Å²) in [5.41, 5.74) is 0.597. The number of rotatable bonds is 8. The van der Waals surface area contributed by atoms with E-state index in [1.807, 2.05) is 20.8 Å². The standard InChI is InChI=1S/C16H25NO3/c1-5-8-12(4)17-16(18)13-9-10-14(19-6-2)15(11-13)20-7-3/h9-12H,5-8H2,1-4H3,(H,17,18). The Balaban J connectivity index is 2.84. The van der Waals surface area contributed by atoms with Crippen LogP contribution in [0.4, 0.5) is 0 Å². The monoisotopic (exact) mass is 279 g/mol. The van der Waals surface area contributed by atoms with Crippen LogP contribution in [0.5, 0.6) is 11.5 Å². The highest BCUT2D eigenvalue weighted by Crippen LogP contribution is 2.28. The number of ether oxygens (including phenoxy) is 2. The van der Waals surface area contributed by atoms with E-state index in [1.165, 1.54) is 0 Å². The van der Waals surface area contributed by atoms with E-state index in [9.17, 15) is 4.79 Å². The largest absolute Gasteiger partial charge is 0.490 e. The van der Waals surface area contributed by atoms with Gasteiger partial charge in [-0.3, -0.25) is 4.79 Å². The Kier molecular flexibility index (Phi) is 6.91. The van der Waals surface area contributed by atoms with E-state index in [1.54, 1.807) is 18.2 Å². The smallest absolute Gasteiger partial charge is 0.251 e. The fourth-order valence-electron chi connectivity index (χ4n) is 2.00. The molecule has 0 bridgehead atoms. The summed E-state index contributed by atoms with van der Waals surface area (Å²) < 4.78 is 11.0. The average molecular weight is 279 g/mol. The second kappa shape index (κ2) is 8.46. The normalized spacial score (nSPS) is 11.8. The molecule has 4 heteroatoms. The van der Waals surface area contributed by atoms with Gasteiger partial charge in [0.25, 0.3) is 5.91 Å². The Labute approximate surface area is 121 Å². The topological polar surface area (TPSA) is 47.6 Å². The molecule has 4 nitrogen and oxygen atoms in total. The van der Waals surface area contributed by atoms with Crippen molar-refractivity contribution in [1.82, 2.24) is 5.32 Å². The Bertz CT molecular complexity index is 432. The van der Waals surface area contributed by atoms with Gasteiger partial charge in [-0.1, -0.05) is 13.3 Å². The molecule has 1 aromatic rings. The highest BCUT2D eigenvalue weighted by atomic mass is 16.5. The van der Waals surface area contributed by atoms with Crippen molar-refractivity contribution in [3.8, 4) is 11.5 Å². The fourth-order valence-corrected chi connectivity index (χ4v) is 2.00. The number of carbonyl (C=O) groups excluding carboxylic acids is 1. The van der Waals surface area contributed by atoms with Crippen molar-refractivity contribution in [3.05, 3.63) is 23.8 Å². The second-order valence-electron chi connectivity index (χ2n) is 4.69. The number of carbonyl (C=O) groups is 1. The molecule has 1 rings (SSSR count). The molecular formula is C16H25NO3. The van der Waals surface area contributed by atoms with Gasteiger partial charge < -0.3 is 14.8 Å². The first-order valence-corrected chi connectivity index (χ1v) is 7.32. The molecule has 0 aliphatic carbocycles.